The Labute approximate surface area is 164 Å². The zero-order valence-corrected chi connectivity index (χ0v) is 16.5. The summed E-state index contributed by atoms with van der Waals surface area (Å²) in [5, 5.41) is 4.26. The Morgan fingerprint density at radius 2 is 1.96 bits per heavy atom. The minimum atomic E-state index is 0.119. The van der Waals surface area contributed by atoms with Gasteiger partial charge in [0.15, 0.2) is 0 Å². The number of hydrogen-bond acceptors (Lipinski definition) is 5. The van der Waals surface area contributed by atoms with Crippen LogP contribution in [0.25, 0.3) is 0 Å². The topological polar surface area (TPSA) is 54.3 Å². The highest BCUT2D eigenvalue weighted by atomic mass is 32.2. The van der Waals surface area contributed by atoms with E-state index in [9.17, 15) is 4.79 Å². The second-order valence-electron chi connectivity index (χ2n) is 7.30. The van der Waals surface area contributed by atoms with E-state index in [2.05, 4.69) is 15.0 Å². The first-order valence-corrected chi connectivity index (χ1v) is 11.0. The maximum absolute atomic E-state index is 12.8. The van der Waals surface area contributed by atoms with Crippen molar-refractivity contribution in [2.24, 2.45) is 5.92 Å². The normalized spacial score (nSPS) is 18.7. The van der Waals surface area contributed by atoms with Crippen molar-refractivity contribution in [2.45, 2.75) is 25.8 Å². The van der Waals surface area contributed by atoms with Crippen LogP contribution in [0.3, 0.4) is 0 Å². The molecule has 0 bridgehead atoms. The Morgan fingerprint density at radius 3 is 2.63 bits per heavy atom. The molecule has 2 aromatic rings. The molecule has 6 nitrogen and oxygen atoms in total. The van der Waals surface area contributed by atoms with E-state index < -0.39 is 0 Å². The Hall–Kier alpha value is -2.02. The van der Waals surface area contributed by atoms with Gasteiger partial charge in [0.05, 0.1) is 5.56 Å². The van der Waals surface area contributed by atoms with Gasteiger partial charge in [0, 0.05) is 62.8 Å². The summed E-state index contributed by atoms with van der Waals surface area (Å²) in [4.78, 5) is 21.6. The largest absolute Gasteiger partial charge is 0.355 e. The van der Waals surface area contributed by atoms with Crippen LogP contribution >= 0.6 is 11.8 Å². The minimum Gasteiger partial charge on any atom is -0.355 e. The van der Waals surface area contributed by atoms with Gasteiger partial charge in [-0.25, -0.2) is 4.98 Å². The Kier molecular flexibility index (Phi) is 5.97. The molecular weight excluding hydrogens is 358 g/mol. The zero-order valence-electron chi connectivity index (χ0n) is 15.7. The molecule has 0 N–H and O–H groups in total. The number of aromatic nitrogens is 3. The number of carbonyl (C=O) groups is 1. The lowest BCUT2D eigenvalue weighted by Gasteiger charge is -2.32. The number of carbonyl (C=O) groups excluding carboxylic acids is 1. The molecule has 2 saturated heterocycles. The van der Waals surface area contributed by atoms with Crippen molar-refractivity contribution in [3.05, 3.63) is 42.4 Å². The van der Waals surface area contributed by atoms with Gasteiger partial charge in [-0.05, 0) is 43.4 Å². The molecule has 144 valence electrons. The molecule has 4 heterocycles. The average Bonchev–Trinajstić information content (AvgIpc) is 3.27. The van der Waals surface area contributed by atoms with Crippen LogP contribution in [0.2, 0.25) is 0 Å². The SMILES string of the molecule is O=C(c1ccc(N2CCSCC2)nc1)N1CCC(CCn2cccn2)CC1. The molecule has 0 saturated carbocycles. The molecule has 27 heavy (non-hydrogen) atoms. The minimum absolute atomic E-state index is 0.119. The number of amides is 1. The Bertz CT molecular complexity index is 719. The summed E-state index contributed by atoms with van der Waals surface area (Å²) < 4.78 is 1.99. The number of nitrogens with zero attached hydrogens (tertiary/aromatic N) is 5. The summed E-state index contributed by atoms with van der Waals surface area (Å²) in [6.07, 6.45) is 8.87. The summed E-state index contributed by atoms with van der Waals surface area (Å²) in [6, 6.07) is 5.90. The smallest absolute Gasteiger partial charge is 0.255 e. The molecule has 2 aliphatic rings. The molecule has 0 unspecified atom stereocenters. The van der Waals surface area contributed by atoms with Crippen LogP contribution in [0.15, 0.2) is 36.8 Å². The molecule has 7 heteroatoms. The lowest BCUT2D eigenvalue weighted by atomic mass is 9.93. The Balaban J connectivity index is 1.27. The van der Waals surface area contributed by atoms with Crippen LogP contribution in [0, 0.1) is 5.92 Å². The van der Waals surface area contributed by atoms with Gasteiger partial charge in [0.25, 0.3) is 5.91 Å². The van der Waals surface area contributed by atoms with Gasteiger partial charge in [-0.15, -0.1) is 0 Å². The average molecular weight is 386 g/mol. The van der Waals surface area contributed by atoms with Crippen LogP contribution in [-0.4, -0.2) is 63.3 Å². The number of piperidine rings is 1. The predicted octanol–water partition coefficient (Wildman–Crippen LogP) is 2.77. The quantitative estimate of drug-likeness (QED) is 0.792. The number of thioether (sulfide) groups is 1. The van der Waals surface area contributed by atoms with E-state index >= 15 is 0 Å². The summed E-state index contributed by atoms with van der Waals surface area (Å²) >= 11 is 1.99. The van der Waals surface area contributed by atoms with Crippen LogP contribution in [0.1, 0.15) is 29.6 Å². The highest BCUT2D eigenvalue weighted by Gasteiger charge is 2.24. The number of anilines is 1. The number of hydrogen-bond donors (Lipinski definition) is 0. The first-order chi connectivity index (χ1) is 13.3. The third-order valence-electron chi connectivity index (χ3n) is 5.56. The Morgan fingerprint density at radius 1 is 1.15 bits per heavy atom. The molecule has 0 aromatic carbocycles. The maximum atomic E-state index is 12.8. The maximum Gasteiger partial charge on any atom is 0.255 e. The van der Waals surface area contributed by atoms with Gasteiger partial charge in [0.2, 0.25) is 0 Å². The molecule has 4 rings (SSSR count). The first-order valence-electron chi connectivity index (χ1n) is 9.85. The third kappa shape index (κ3) is 4.64. The third-order valence-corrected chi connectivity index (χ3v) is 6.50. The van der Waals surface area contributed by atoms with E-state index in [-0.39, 0.29) is 5.91 Å². The molecular formula is C20H27N5OS. The van der Waals surface area contributed by atoms with Crippen molar-refractivity contribution in [3.63, 3.8) is 0 Å². The van der Waals surface area contributed by atoms with Gasteiger partial charge in [-0.1, -0.05) is 0 Å². The van der Waals surface area contributed by atoms with E-state index in [0.717, 1.165) is 69.3 Å². The first kappa shape index (κ1) is 18.3. The molecule has 2 aromatic heterocycles. The fraction of sp³-hybridized carbons (Fsp3) is 0.550. The summed E-state index contributed by atoms with van der Waals surface area (Å²) in [5.74, 6) is 4.09. The predicted molar refractivity (Wildman–Crippen MR) is 109 cm³/mol. The van der Waals surface area contributed by atoms with Crippen LogP contribution in [0.5, 0.6) is 0 Å². The molecule has 0 radical (unpaired) electrons. The number of rotatable bonds is 5. The molecule has 2 fully saturated rings. The fourth-order valence-corrected chi connectivity index (χ4v) is 4.75. The van der Waals surface area contributed by atoms with Crippen molar-refractivity contribution in [1.82, 2.24) is 19.7 Å². The lowest BCUT2D eigenvalue weighted by Crippen LogP contribution is -2.38. The highest BCUT2D eigenvalue weighted by molar-refractivity contribution is 7.99. The van der Waals surface area contributed by atoms with E-state index in [0.29, 0.717) is 11.5 Å². The van der Waals surface area contributed by atoms with Gasteiger partial charge in [0.1, 0.15) is 5.82 Å². The number of likely N-dealkylation sites (tertiary alicyclic amines) is 1. The summed E-state index contributed by atoms with van der Waals surface area (Å²) in [5.41, 5.74) is 0.708. The van der Waals surface area contributed by atoms with Gasteiger partial charge in [-0.2, -0.15) is 16.9 Å². The van der Waals surface area contributed by atoms with Crippen molar-refractivity contribution in [2.75, 3.05) is 42.6 Å². The second kappa shape index (κ2) is 8.78. The van der Waals surface area contributed by atoms with E-state index in [1.54, 1.807) is 6.20 Å². The highest BCUT2D eigenvalue weighted by Crippen LogP contribution is 2.23. The molecule has 2 aliphatic heterocycles. The van der Waals surface area contributed by atoms with E-state index in [1.165, 1.54) is 0 Å². The summed E-state index contributed by atoms with van der Waals surface area (Å²) in [7, 11) is 0. The van der Waals surface area contributed by atoms with Crippen molar-refractivity contribution >= 4 is 23.5 Å². The van der Waals surface area contributed by atoms with Gasteiger partial charge < -0.3 is 9.80 Å². The van der Waals surface area contributed by atoms with E-state index in [4.69, 9.17) is 0 Å². The molecule has 0 spiro atoms. The van der Waals surface area contributed by atoms with Crippen molar-refractivity contribution in [1.29, 1.82) is 0 Å². The van der Waals surface area contributed by atoms with Gasteiger partial charge in [-0.3, -0.25) is 9.48 Å². The zero-order chi connectivity index (χ0) is 18.5. The summed E-state index contributed by atoms with van der Waals surface area (Å²) in [6.45, 7) is 4.72. The van der Waals surface area contributed by atoms with Crippen molar-refractivity contribution in [3.8, 4) is 0 Å². The standard InChI is InChI=1S/C20H27N5OS/c26-20(18-2-3-19(21-16-18)23-12-14-27-15-13-23)24-9-4-17(5-10-24)6-11-25-8-1-7-22-25/h1-3,7-8,16-17H,4-6,9-15H2. The van der Waals surface area contributed by atoms with Gasteiger partial charge >= 0.3 is 0 Å². The molecule has 0 atom stereocenters. The van der Waals surface area contributed by atoms with Crippen LogP contribution in [0.4, 0.5) is 5.82 Å². The fourth-order valence-electron chi connectivity index (χ4n) is 3.85. The monoisotopic (exact) mass is 385 g/mol. The second-order valence-corrected chi connectivity index (χ2v) is 8.52. The molecule has 1 amide bonds. The van der Waals surface area contributed by atoms with Crippen LogP contribution in [-0.2, 0) is 6.54 Å². The molecule has 0 aliphatic carbocycles. The lowest BCUT2D eigenvalue weighted by molar-refractivity contribution is 0.0684. The van der Waals surface area contributed by atoms with E-state index in [1.807, 2.05) is 51.9 Å². The van der Waals surface area contributed by atoms with Crippen molar-refractivity contribution < 1.29 is 4.79 Å². The number of aryl methyl sites for hydroxylation is 1. The number of pyridine rings is 1. The van der Waals surface area contributed by atoms with Crippen LogP contribution < -0.4 is 4.90 Å².